The Morgan fingerprint density at radius 3 is 2.00 bits per heavy atom. The summed E-state index contributed by atoms with van der Waals surface area (Å²) in [5.74, 6) is 0. The quantitative estimate of drug-likeness (QED) is 0.278. The number of nitrogens with zero attached hydrogens (tertiary/aromatic N) is 3. The average molecular weight is 492 g/mol. The van der Waals surface area contributed by atoms with Crippen LogP contribution in [0.4, 0.5) is 0 Å². The summed E-state index contributed by atoms with van der Waals surface area (Å²) in [7, 11) is 1.64. The van der Waals surface area contributed by atoms with E-state index in [4.69, 9.17) is 24.6 Å². The van der Waals surface area contributed by atoms with Crippen LogP contribution >= 0.6 is 15.0 Å². The fraction of sp³-hybridized carbons (Fsp3) is 1.00. The largest absolute Gasteiger partial charge is 0.385 e. The van der Waals surface area contributed by atoms with Crippen LogP contribution in [0.25, 0.3) is 0 Å². The van der Waals surface area contributed by atoms with Crippen molar-refractivity contribution in [2.75, 3.05) is 79.4 Å². The lowest BCUT2D eigenvalue weighted by atomic mass is 9.98. The lowest BCUT2D eigenvalue weighted by Crippen LogP contribution is -2.49. The zero-order valence-electron chi connectivity index (χ0n) is 21.2. The number of rotatable bonds is 8. The normalized spacial score (nSPS) is 40.3. The highest BCUT2D eigenvalue weighted by molar-refractivity contribution is 7.56. The van der Waals surface area contributed by atoms with Crippen LogP contribution in [-0.2, 0) is 32.4 Å². The van der Waals surface area contributed by atoms with E-state index in [9.17, 15) is 9.13 Å². The zero-order chi connectivity index (χ0) is 24.4. The van der Waals surface area contributed by atoms with Gasteiger partial charge in [0.05, 0.1) is 33.4 Å². The van der Waals surface area contributed by atoms with Gasteiger partial charge in [-0.25, -0.2) is 9.34 Å². The fourth-order valence-electron chi connectivity index (χ4n) is 4.39. The molecular weight excluding hydrogens is 453 g/mol. The summed E-state index contributed by atoms with van der Waals surface area (Å²) < 4.78 is 67.0. The van der Waals surface area contributed by atoms with Crippen molar-refractivity contribution in [2.45, 2.75) is 30.2 Å². The molecule has 3 heterocycles. The zero-order valence-corrected chi connectivity index (χ0v) is 22.0. The van der Waals surface area contributed by atoms with Gasteiger partial charge in [0.25, 0.3) is 15.0 Å². The summed E-state index contributed by atoms with van der Waals surface area (Å²) in [6.07, 6.45) is -0.506. The summed E-state index contributed by atoms with van der Waals surface area (Å²) in [4.78, 5) is 2.19. The van der Waals surface area contributed by atoms with Crippen molar-refractivity contribution in [3.05, 3.63) is 0 Å². The molecule has 0 amide bonds. The van der Waals surface area contributed by atoms with Gasteiger partial charge >= 0.3 is 0 Å². The average Bonchev–Trinajstić information content (AvgIpc) is 2.69. The molecule has 15 heteroatoms. The Balaban J connectivity index is 1.53. The molecule has 0 aromatic carbocycles. The standard InChI is InChI=1S/C17H38B3N3O7P2/c1-21-6-13(29-16(19)8-21)11-28-32(3,25)23-7-14(30-17(20)10-23)12-27-31(2,24)22-4-5-26-15(18)9-22/h13-17H,4-12,18-20H2,1-3H3/i5D. The number of likely N-dealkylation sites (N-methyl/N-ethyl adjacent to an activating group) is 1. The van der Waals surface area contributed by atoms with E-state index in [0.29, 0.717) is 19.6 Å². The minimum absolute atomic E-state index is 0.108. The van der Waals surface area contributed by atoms with Gasteiger partial charge in [-0.3, -0.25) is 9.13 Å². The fourth-order valence-corrected chi connectivity index (χ4v) is 7.50. The van der Waals surface area contributed by atoms with Crippen molar-refractivity contribution in [3.8, 4) is 0 Å². The number of morpholine rings is 3. The molecule has 0 aromatic rings. The Labute approximate surface area is 196 Å². The Hall–Kier alpha value is 0.335. The van der Waals surface area contributed by atoms with Crippen molar-refractivity contribution < 1.29 is 33.8 Å². The van der Waals surface area contributed by atoms with Crippen molar-refractivity contribution in [2.24, 2.45) is 0 Å². The lowest BCUT2D eigenvalue weighted by molar-refractivity contribution is -0.0659. The molecule has 0 saturated carbocycles. The van der Waals surface area contributed by atoms with Gasteiger partial charge in [-0.05, 0) is 7.05 Å². The summed E-state index contributed by atoms with van der Waals surface area (Å²) in [6, 6.07) is -0.236. The van der Waals surface area contributed by atoms with Crippen molar-refractivity contribution >= 4 is 38.6 Å². The molecular formula is C17H38B3N3O7P2. The maximum Gasteiger partial charge on any atom is 0.269 e. The van der Waals surface area contributed by atoms with E-state index in [1.165, 1.54) is 0 Å². The van der Waals surface area contributed by atoms with Gasteiger partial charge < -0.3 is 28.2 Å². The molecule has 3 rings (SSSR count). The molecule has 0 aliphatic carbocycles. The molecule has 3 aliphatic rings. The van der Waals surface area contributed by atoms with Crippen LogP contribution in [0, 0.1) is 0 Å². The Morgan fingerprint density at radius 1 is 0.875 bits per heavy atom. The Kier molecular flexibility index (Phi) is 9.04. The third kappa shape index (κ3) is 7.67. The van der Waals surface area contributed by atoms with Crippen molar-refractivity contribution in [1.82, 2.24) is 14.2 Å². The highest BCUT2D eigenvalue weighted by Crippen LogP contribution is 2.50. The minimum atomic E-state index is -3.12. The van der Waals surface area contributed by atoms with Crippen molar-refractivity contribution in [3.63, 3.8) is 0 Å². The third-order valence-electron chi connectivity index (χ3n) is 5.93. The highest BCUT2D eigenvalue weighted by atomic mass is 31.2. The maximum absolute atomic E-state index is 13.4. The molecule has 0 radical (unpaired) electrons. The molecule has 3 fully saturated rings. The van der Waals surface area contributed by atoms with Gasteiger partial charge in [0, 0.05) is 70.6 Å². The SMILES string of the molecule is [2H]C1CN(P(C)(=O)OCC2CN(P(C)(=O)OCC3CN(C)CC(B)O3)CC(B)O2)CC(B)O1. The monoisotopic (exact) mass is 492 g/mol. The summed E-state index contributed by atoms with van der Waals surface area (Å²) in [5, 5.41) is 0. The van der Waals surface area contributed by atoms with Gasteiger partial charge in [0.1, 0.15) is 23.5 Å². The Morgan fingerprint density at radius 2 is 1.41 bits per heavy atom. The third-order valence-corrected chi connectivity index (χ3v) is 9.89. The summed E-state index contributed by atoms with van der Waals surface area (Å²) >= 11 is 0. The second kappa shape index (κ2) is 11.4. The van der Waals surface area contributed by atoms with Gasteiger partial charge in [0.2, 0.25) is 0 Å². The van der Waals surface area contributed by atoms with Gasteiger partial charge in [-0.2, -0.15) is 0 Å². The van der Waals surface area contributed by atoms with E-state index in [-0.39, 0.29) is 50.0 Å². The molecule has 182 valence electrons. The van der Waals surface area contributed by atoms with Crippen LogP contribution in [0.3, 0.4) is 0 Å². The molecule has 32 heavy (non-hydrogen) atoms. The Bertz CT molecular complexity index is 743. The minimum Gasteiger partial charge on any atom is -0.385 e. The summed E-state index contributed by atoms with van der Waals surface area (Å²) in [5.41, 5.74) is 0. The van der Waals surface area contributed by atoms with E-state index in [1.807, 2.05) is 35.3 Å². The molecule has 8 atom stereocenters. The molecule has 3 saturated heterocycles. The first kappa shape index (κ1) is 25.4. The van der Waals surface area contributed by atoms with Crippen LogP contribution < -0.4 is 0 Å². The van der Waals surface area contributed by atoms with E-state index < -0.39 is 21.6 Å². The molecule has 10 nitrogen and oxygen atoms in total. The lowest BCUT2D eigenvalue weighted by Gasteiger charge is -2.41. The van der Waals surface area contributed by atoms with Gasteiger partial charge in [-0.1, -0.05) is 0 Å². The summed E-state index contributed by atoms with van der Waals surface area (Å²) in [6.45, 7) is 5.98. The molecule has 3 aliphatic heterocycles. The first-order valence-corrected chi connectivity index (χ1v) is 15.4. The molecule has 0 bridgehead atoms. The van der Waals surface area contributed by atoms with E-state index in [1.54, 1.807) is 18.0 Å². The van der Waals surface area contributed by atoms with Gasteiger partial charge in [-0.15, -0.1) is 0 Å². The first-order valence-electron chi connectivity index (χ1n) is 11.9. The van der Waals surface area contributed by atoms with Crippen LogP contribution in [0.15, 0.2) is 0 Å². The van der Waals surface area contributed by atoms with E-state index in [2.05, 4.69) is 4.90 Å². The van der Waals surface area contributed by atoms with E-state index in [0.717, 1.165) is 13.1 Å². The van der Waals surface area contributed by atoms with Crippen LogP contribution in [0.2, 0.25) is 0 Å². The predicted octanol–water partition coefficient (Wildman–Crippen LogP) is -2.09. The molecule has 8 unspecified atom stereocenters. The molecule has 0 N–H and O–H groups in total. The molecule has 0 spiro atoms. The predicted molar refractivity (Wildman–Crippen MR) is 132 cm³/mol. The van der Waals surface area contributed by atoms with Crippen LogP contribution in [-0.4, -0.2) is 147 Å². The maximum atomic E-state index is 13.4. The smallest absolute Gasteiger partial charge is 0.269 e. The second-order valence-electron chi connectivity index (χ2n) is 9.41. The first-order chi connectivity index (χ1) is 15.3. The van der Waals surface area contributed by atoms with Crippen LogP contribution in [0.1, 0.15) is 1.37 Å². The highest BCUT2D eigenvalue weighted by Gasteiger charge is 2.38. The number of ether oxygens (including phenoxy) is 3. The van der Waals surface area contributed by atoms with Crippen molar-refractivity contribution in [1.29, 1.82) is 0 Å². The van der Waals surface area contributed by atoms with E-state index >= 15 is 0 Å². The van der Waals surface area contributed by atoms with Crippen LogP contribution in [0.5, 0.6) is 0 Å². The van der Waals surface area contributed by atoms with Gasteiger partial charge in [0.15, 0.2) is 0 Å². The second-order valence-corrected chi connectivity index (χ2v) is 14.3. The molecule has 0 aromatic heterocycles. The number of hydrogen-bond donors (Lipinski definition) is 0. The number of hydrogen-bond acceptors (Lipinski definition) is 8. The topological polar surface area (TPSA) is 90.0 Å².